The molecule has 142 valence electrons. The summed E-state index contributed by atoms with van der Waals surface area (Å²) in [4.78, 5) is 25.3. The molecule has 1 aromatic carbocycles. The van der Waals surface area contributed by atoms with Gasteiger partial charge < -0.3 is 19.5 Å². The highest BCUT2D eigenvalue weighted by atomic mass is 32.2. The first-order valence-corrected chi connectivity index (χ1v) is 9.97. The van der Waals surface area contributed by atoms with Crippen LogP contribution in [-0.4, -0.2) is 69.7 Å². The molecule has 2 aliphatic rings. The lowest BCUT2D eigenvalue weighted by molar-refractivity contribution is -0.149. The van der Waals surface area contributed by atoms with Crippen LogP contribution in [0.15, 0.2) is 18.2 Å². The number of sulfone groups is 1. The Morgan fingerprint density at radius 3 is 2.65 bits per heavy atom. The largest absolute Gasteiger partial charge is 0.455 e. The van der Waals surface area contributed by atoms with Gasteiger partial charge in [-0.1, -0.05) is 6.07 Å². The van der Waals surface area contributed by atoms with Gasteiger partial charge in [-0.05, 0) is 17.7 Å². The van der Waals surface area contributed by atoms with E-state index in [-0.39, 0.29) is 38.0 Å². The van der Waals surface area contributed by atoms with Crippen LogP contribution in [0.3, 0.4) is 0 Å². The molecule has 0 bridgehead atoms. The highest BCUT2D eigenvalue weighted by molar-refractivity contribution is 7.91. The summed E-state index contributed by atoms with van der Waals surface area (Å²) < 4.78 is 38.1. The van der Waals surface area contributed by atoms with Crippen molar-refractivity contribution in [2.45, 2.75) is 6.54 Å². The Morgan fingerprint density at radius 2 is 1.88 bits per heavy atom. The topological polar surface area (TPSA) is 111 Å². The van der Waals surface area contributed by atoms with Crippen LogP contribution in [0.25, 0.3) is 0 Å². The fraction of sp³-hybridized carbons (Fsp3) is 0.500. The Morgan fingerprint density at radius 1 is 1.15 bits per heavy atom. The lowest BCUT2D eigenvalue weighted by Crippen LogP contribution is -2.43. The van der Waals surface area contributed by atoms with Crippen LogP contribution in [0.1, 0.15) is 5.56 Å². The lowest BCUT2D eigenvalue weighted by Gasteiger charge is -2.25. The normalized spacial score (nSPS) is 18.3. The van der Waals surface area contributed by atoms with Crippen LogP contribution >= 0.6 is 0 Å². The molecular formula is C16H20N2O7S. The highest BCUT2D eigenvalue weighted by Gasteiger charge is 2.23. The minimum Gasteiger partial charge on any atom is -0.455 e. The second kappa shape index (κ2) is 7.92. The third-order valence-electron chi connectivity index (χ3n) is 4.08. The first kappa shape index (κ1) is 18.5. The van der Waals surface area contributed by atoms with Gasteiger partial charge in [0.25, 0.3) is 5.91 Å². The maximum atomic E-state index is 11.8. The van der Waals surface area contributed by atoms with Crippen molar-refractivity contribution in [3.05, 3.63) is 23.8 Å². The number of amides is 1. The molecule has 0 atom stereocenters. The fourth-order valence-electron chi connectivity index (χ4n) is 2.59. The molecule has 0 saturated carbocycles. The maximum Gasteiger partial charge on any atom is 0.320 e. The van der Waals surface area contributed by atoms with Gasteiger partial charge in [0, 0.05) is 19.6 Å². The summed E-state index contributed by atoms with van der Waals surface area (Å²) in [6.07, 6.45) is 0. The first-order valence-electron chi connectivity index (χ1n) is 8.15. The zero-order valence-corrected chi connectivity index (χ0v) is 14.9. The van der Waals surface area contributed by atoms with Crippen molar-refractivity contribution in [3.8, 4) is 11.5 Å². The third-order valence-corrected chi connectivity index (χ3v) is 5.69. The number of benzene rings is 1. The number of esters is 1. The summed E-state index contributed by atoms with van der Waals surface area (Å²) >= 11 is 0. The second-order valence-electron chi connectivity index (χ2n) is 6.05. The molecule has 26 heavy (non-hydrogen) atoms. The van der Waals surface area contributed by atoms with Crippen molar-refractivity contribution < 1.29 is 32.2 Å². The number of carbonyl (C=O) groups is 2. The molecule has 1 saturated heterocycles. The summed E-state index contributed by atoms with van der Waals surface area (Å²) in [5.41, 5.74) is 0.837. The minimum atomic E-state index is -2.99. The molecule has 2 aliphatic heterocycles. The molecule has 0 spiro atoms. The van der Waals surface area contributed by atoms with Crippen molar-refractivity contribution in [1.82, 2.24) is 10.2 Å². The maximum absolute atomic E-state index is 11.8. The molecular weight excluding hydrogens is 364 g/mol. The predicted octanol–water partition coefficient (Wildman–Crippen LogP) is -0.695. The van der Waals surface area contributed by atoms with E-state index in [1.807, 2.05) is 6.07 Å². The van der Waals surface area contributed by atoms with Crippen molar-refractivity contribution in [2.24, 2.45) is 0 Å². The zero-order chi connectivity index (χ0) is 18.6. The molecule has 0 aliphatic carbocycles. The van der Waals surface area contributed by atoms with Gasteiger partial charge in [0.15, 0.2) is 27.9 Å². The van der Waals surface area contributed by atoms with Crippen LogP contribution in [-0.2, 0) is 30.7 Å². The molecule has 9 nitrogen and oxygen atoms in total. The van der Waals surface area contributed by atoms with E-state index in [9.17, 15) is 18.0 Å². The molecule has 1 fully saturated rings. The summed E-state index contributed by atoms with van der Waals surface area (Å²) in [6, 6.07) is 5.35. The molecule has 10 heteroatoms. The standard InChI is InChI=1S/C16H20N2O7S/c19-15(17-8-12-1-2-13-14(7-12)25-11-24-13)10-23-16(20)9-18-3-5-26(21,22)6-4-18/h1-2,7H,3-6,8-11H2,(H,17,19). The van der Waals surface area contributed by atoms with Gasteiger partial charge in [-0.25, -0.2) is 8.42 Å². The Kier molecular flexibility index (Phi) is 5.62. The molecule has 1 aromatic rings. The van der Waals surface area contributed by atoms with E-state index in [1.165, 1.54) is 0 Å². The van der Waals surface area contributed by atoms with Crippen LogP contribution in [0.5, 0.6) is 11.5 Å². The van der Waals surface area contributed by atoms with Crippen molar-refractivity contribution in [3.63, 3.8) is 0 Å². The van der Waals surface area contributed by atoms with E-state index < -0.39 is 21.7 Å². The molecule has 2 heterocycles. The number of fused-ring (bicyclic) bond motifs is 1. The van der Waals surface area contributed by atoms with Crippen LogP contribution < -0.4 is 14.8 Å². The number of hydrogen-bond acceptors (Lipinski definition) is 8. The number of ether oxygens (including phenoxy) is 3. The molecule has 0 aromatic heterocycles. The minimum absolute atomic E-state index is 0.0229. The van der Waals surface area contributed by atoms with Crippen molar-refractivity contribution in [1.29, 1.82) is 0 Å². The number of nitrogens with zero attached hydrogens (tertiary/aromatic N) is 1. The van der Waals surface area contributed by atoms with Gasteiger partial charge in [-0.2, -0.15) is 0 Å². The number of carbonyl (C=O) groups excluding carboxylic acids is 2. The molecule has 0 unspecified atom stereocenters. The summed E-state index contributed by atoms with van der Waals surface area (Å²) in [6.45, 7) is 0.656. The smallest absolute Gasteiger partial charge is 0.320 e. The monoisotopic (exact) mass is 384 g/mol. The Labute approximate surface area is 151 Å². The van der Waals surface area contributed by atoms with Gasteiger partial charge in [0.05, 0.1) is 18.1 Å². The molecule has 0 radical (unpaired) electrons. The van der Waals surface area contributed by atoms with E-state index >= 15 is 0 Å². The van der Waals surface area contributed by atoms with E-state index in [1.54, 1.807) is 17.0 Å². The summed E-state index contributed by atoms with van der Waals surface area (Å²) in [5, 5.41) is 2.65. The number of rotatable bonds is 6. The van der Waals surface area contributed by atoms with E-state index in [4.69, 9.17) is 14.2 Å². The SMILES string of the molecule is O=C(COC(=O)CN1CCS(=O)(=O)CC1)NCc1ccc2c(c1)OCO2. The Hall–Kier alpha value is -2.33. The third kappa shape index (κ3) is 5.09. The average molecular weight is 384 g/mol. The van der Waals surface area contributed by atoms with Gasteiger partial charge in [-0.3, -0.25) is 14.5 Å². The predicted molar refractivity (Wildman–Crippen MR) is 90.5 cm³/mol. The van der Waals surface area contributed by atoms with Gasteiger partial charge in [-0.15, -0.1) is 0 Å². The van der Waals surface area contributed by atoms with Crippen LogP contribution in [0.2, 0.25) is 0 Å². The van der Waals surface area contributed by atoms with Crippen molar-refractivity contribution >= 4 is 21.7 Å². The second-order valence-corrected chi connectivity index (χ2v) is 8.36. The van der Waals surface area contributed by atoms with E-state index in [2.05, 4.69) is 5.32 Å². The molecule has 3 rings (SSSR count). The molecule has 1 N–H and O–H groups in total. The van der Waals surface area contributed by atoms with E-state index in [0.717, 1.165) is 5.56 Å². The first-order chi connectivity index (χ1) is 12.4. The van der Waals surface area contributed by atoms with Crippen molar-refractivity contribution in [2.75, 3.05) is 44.5 Å². The van der Waals surface area contributed by atoms with Crippen LogP contribution in [0.4, 0.5) is 0 Å². The summed E-state index contributed by atoms with van der Waals surface area (Å²) in [7, 11) is -2.99. The number of hydrogen-bond donors (Lipinski definition) is 1. The highest BCUT2D eigenvalue weighted by Crippen LogP contribution is 2.32. The van der Waals surface area contributed by atoms with E-state index in [0.29, 0.717) is 24.6 Å². The molecule has 1 amide bonds. The van der Waals surface area contributed by atoms with Gasteiger partial charge in [0.1, 0.15) is 0 Å². The number of nitrogens with one attached hydrogen (secondary N) is 1. The Bertz CT molecular complexity index is 780. The quantitative estimate of drug-likeness (QED) is 0.642. The average Bonchev–Trinajstić information content (AvgIpc) is 3.08. The van der Waals surface area contributed by atoms with Crippen LogP contribution in [0, 0.1) is 0 Å². The van der Waals surface area contributed by atoms with Gasteiger partial charge in [0.2, 0.25) is 6.79 Å². The summed E-state index contributed by atoms with van der Waals surface area (Å²) in [5.74, 6) is 0.401. The Balaban J connectivity index is 1.35. The van der Waals surface area contributed by atoms with Gasteiger partial charge >= 0.3 is 5.97 Å². The zero-order valence-electron chi connectivity index (χ0n) is 14.1. The lowest BCUT2D eigenvalue weighted by atomic mass is 10.2. The fourth-order valence-corrected chi connectivity index (χ4v) is 3.86.